The quantitative estimate of drug-likeness (QED) is 0.713. The Kier molecular flexibility index (Phi) is 4.43. The van der Waals surface area contributed by atoms with Crippen LogP contribution >= 0.6 is 0 Å². The fourth-order valence-corrected chi connectivity index (χ4v) is 3.26. The first-order valence-electron chi connectivity index (χ1n) is 8.41. The minimum Gasteiger partial charge on any atom is -0.496 e. The van der Waals surface area contributed by atoms with E-state index in [4.69, 9.17) is 9.15 Å². The van der Waals surface area contributed by atoms with E-state index in [1.165, 1.54) is 5.56 Å². The summed E-state index contributed by atoms with van der Waals surface area (Å²) in [5.41, 5.74) is 2.05. The average Bonchev–Trinajstić information content (AvgIpc) is 3.32. The Labute approximate surface area is 146 Å². The van der Waals surface area contributed by atoms with Gasteiger partial charge in [-0.05, 0) is 36.7 Å². The third-order valence-corrected chi connectivity index (χ3v) is 4.53. The minimum absolute atomic E-state index is 0.271. The summed E-state index contributed by atoms with van der Waals surface area (Å²) >= 11 is 0. The molecule has 1 aliphatic heterocycles. The SMILES string of the molecule is COc1ccccc1-c1nnc([C@H]2CCN(Cc3cccnc3)C2)o1. The number of para-hydroxylation sites is 1. The third-order valence-electron chi connectivity index (χ3n) is 4.53. The van der Waals surface area contributed by atoms with E-state index < -0.39 is 0 Å². The topological polar surface area (TPSA) is 64.3 Å². The highest BCUT2D eigenvalue weighted by molar-refractivity contribution is 5.62. The molecular formula is C19H20N4O2. The predicted octanol–water partition coefficient (Wildman–Crippen LogP) is 3.13. The summed E-state index contributed by atoms with van der Waals surface area (Å²) in [6.45, 7) is 2.84. The summed E-state index contributed by atoms with van der Waals surface area (Å²) in [6, 6.07) is 11.8. The van der Waals surface area contributed by atoms with Crippen molar-refractivity contribution in [3.8, 4) is 17.2 Å². The summed E-state index contributed by atoms with van der Waals surface area (Å²) < 4.78 is 11.3. The molecule has 0 unspecified atom stereocenters. The van der Waals surface area contributed by atoms with Gasteiger partial charge in [-0.3, -0.25) is 9.88 Å². The molecule has 25 heavy (non-hydrogen) atoms. The summed E-state index contributed by atoms with van der Waals surface area (Å²) in [5, 5.41) is 8.50. The molecule has 0 saturated carbocycles. The van der Waals surface area contributed by atoms with Crippen LogP contribution in [0.4, 0.5) is 0 Å². The van der Waals surface area contributed by atoms with Crippen LogP contribution in [0.1, 0.15) is 23.8 Å². The standard InChI is InChI=1S/C19H20N4O2/c1-24-17-7-3-2-6-16(17)19-22-21-18(25-19)15-8-10-23(13-15)12-14-5-4-9-20-11-14/h2-7,9,11,15H,8,10,12-13H2,1H3/t15-/m0/s1. The maximum atomic E-state index is 5.95. The van der Waals surface area contributed by atoms with Crippen molar-refractivity contribution >= 4 is 0 Å². The molecular weight excluding hydrogens is 316 g/mol. The van der Waals surface area contributed by atoms with Gasteiger partial charge in [0.2, 0.25) is 5.89 Å². The van der Waals surface area contributed by atoms with Crippen molar-refractivity contribution in [1.82, 2.24) is 20.1 Å². The molecule has 128 valence electrons. The molecule has 1 saturated heterocycles. The monoisotopic (exact) mass is 336 g/mol. The van der Waals surface area contributed by atoms with Crippen molar-refractivity contribution in [1.29, 1.82) is 0 Å². The molecule has 3 aromatic rings. The molecule has 1 fully saturated rings. The molecule has 0 amide bonds. The van der Waals surface area contributed by atoms with E-state index in [1.54, 1.807) is 13.3 Å². The Morgan fingerprint density at radius 1 is 1.20 bits per heavy atom. The minimum atomic E-state index is 0.271. The molecule has 0 N–H and O–H groups in total. The van der Waals surface area contributed by atoms with Crippen molar-refractivity contribution in [3.05, 3.63) is 60.2 Å². The van der Waals surface area contributed by atoms with Crippen molar-refractivity contribution in [3.63, 3.8) is 0 Å². The van der Waals surface area contributed by atoms with Gasteiger partial charge in [0.15, 0.2) is 0 Å². The van der Waals surface area contributed by atoms with E-state index in [-0.39, 0.29) is 5.92 Å². The number of hydrogen-bond acceptors (Lipinski definition) is 6. The van der Waals surface area contributed by atoms with E-state index in [9.17, 15) is 0 Å². The summed E-state index contributed by atoms with van der Waals surface area (Å²) in [4.78, 5) is 6.58. The maximum absolute atomic E-state index is 5.95. The van der Waals surface area contributed by atoms with E-state index in [0.717, 1.165) is 37.4 Å². The van der Waals surface area contributed by atoms with Gasteiger partial charge in [0.1, 0.15) is 5.75 Å². The lowest BCUT2D eigenvalue weighted by Crippen LogP contribution is -2.19. The van der Waals surface area contributed by atoms with Crippen LogP contribution in [0.2, 0.25) is 0 Å². The highest BCUT2D eigenvalue weighted by Crippen LogP contribution is 2.32. The first-order valence-corrected chi connectivity index (χ1v) is 8.41. The normalized spacial score (nSPS) is 17.7. The Balaban J connectivity index is 1.46. The smallest absolute Gasteiger partial charge is 0.251 e. The number of benzene rings is 1. The molecule has 4 rings (SSSR count). The summed E-state index contributed by atoms with van der Waals surface area (Å²) in [5.74, 6) is 2.22. The molecule has 2 aromatic heterocycles. The molecule has 0 spiro atoms. The maximum Gasteiger partial charge on any atom is 0.251 e. The highest BCUT2D eigenvalue weighted by atomic mass is 16.5. The van der Waals surface area contributed by atoms with Crippen molar-refractivity contribution < 1.29 is 9.15 Å². The summed E-state index contributed by atoms with van der Waals surface area (Å²) in [7, 11) is 1.64. The molecule has 6 nitrogen and oxygen atoms in total. The number of ether oxygens (including phenoxy) is 1. The van der Waals surface area contributed by atoms with Gasteiger partial charge in [0.25, 0.3) is 5.89 Å². The molecule has 0 bridgehead atoms. The van der Waals surface area contributed by atoms with Crippen molar-refractivity contribution in [2.75, 3.05) is 20.2 Å². The second kappa shape index (κ2) is 7.03. The van der Waals surface area contributed by atoms with Crippen LogP contribution in [0.25, 0.3) is 11.5 Å². The molecule has 3 heterocycles. The number of nitrogens with zero attached hydrogens (tertiary/aromatic N) is 4. The van der Waals surface area contributed by atoms with E-state index >= 15 is 0 Å². The van der Waals surface area contributed by atoms with Crippen LogP contribution in [-0.4, -0.2) is 40.3 Å². The third kappa shape index (κ3) is 3.39. The number of hydrogen-bond donors (Lipinski definition) is 0. The lowest BCUT2D eigenvalue weighted by atomic mass is 10.1. The number of aromatic nitrogens is 3. The Bertz CT molecular complexity index is 834. The predicted molar refractivity (Wildman–Crippen MR) is 93.2 cm³/mol. The van der Waals surface area contributed by atoms with Crippen molar-refractivity contribution in [2.45, 2.75) is 18.9 Å². The zero-order valence-electron chi connectivity index (χ0n) is 14.1. The molecule has 0 radical (unpaired) electrons. The number of pyridine rings is 1. The first-order chi connectivity index (χ1) is 12.3. The van der Waals surface area contributed by atoms with E-state index in [1.807, 2.05) is 36.5 Å². The van der Waals surface area contributed by atoms with Crippen LogP contribution < -0.4 is 4.74 Å². The van der Waals surface area contributed by atoms with Crippen LogP contribution in [0.15, 0.2) is 53.2 Å². The number of likely N-dealkylation sites (tertiary alicyclic amines) is 1. The van der Waals surface area contributed by atoms with Crippen LogP contribution in [0.3, 0.4) is 0 Å². The van der Waals surface area contributed by atoms with Gasteiger partial charge in [0.05, 0.1) is 18.6 Å². The average molecular weight is 336 g/mol. The first kappa shape index (κ1) is 15.8. The Morgan fingerprint density at radius 2 is 2.12 bits per heavy atom. The molecule has 0 aliphatic carbocycles. The number of methoxy groups -OCH3 is 1. The van der Waals surface area contributed by atoms with E-state index in [0.29, 0.717) is 11.8 Å². The lowest BCUT2D eigenvalue weighted by Gasteiger charge is -2.14. The largest absolute Gasteiger partial charge is 0.496 e. The van der Waals surface area contributed by atoms with Crippen LogP contribution in [0, 0.1) is 0 Å². The van der Waals surface area contributed by atoms with Gasteiger partial charge in [0, 0.05) is 25.5 Å². The van der Waals surface area contributed by atoms with Crippen LogP contribution in [-0.2, 0) is 6.54 Å². The van der Waals surface area contributed by atoms with Gasteiger partial charge < -0.3 is 9.15 Å². The zero-order valence-corrected chi connectivity index (χ0v) is 14.1. The molecule has 1 aliphatic rings. The Hall–Kier alpha value is -2.73. The van der Waals surface area contributed by atoms with Gasteiger partial charge in [-0.15, -0.1) is 10.2 Å². The molecule has 1 aromatic carbocycles. The Morgan fingerprint density at radius 3 is 2.96 bits per heavy atom. The summed E-state index contributed by atoms with van der Waals surface area (Å²) in [6.07, 6.45) is 4.74. The zero-order chi connectivity index (χ0) is 17.1. The van der Waals surface area contributed by atoms with Gasteiger partial charge in [-0.1, -0.05) is 18.2 Å². The fourth-order valence-electron chi connectivity index (χ4n) is 3.26. The molecule has 6 heteroatoms. The number of rotatable bonds is 5. The highest BCUT2D eigenvalue weighted by Gasteiger charge is 2.28. The second-order valence-electron chi connectivity index (χ2n) is 6.23. The van der Waals surface area contributed by atoms with Gasteiger partial charge in [-0.2, -0.15) is 0 Å². The van der Waals surface area contributed by atoms with Crippen LogP contribution in [0.5, 0.6) is 5.75 Å². The van der Waals surface area contributed by atoms with Gasteiger partial charge >= 0.3 is 0 Å². The van der Waals surface area contributed by atoms with E-state index in [2.05, 4.69) is 26.1 Å². The lowest BCUT2D eigenvalue weighted by molar-refractivity contribution is 0.320. The fraction of sp³-hybridized carbons (Fsp3) is 0.316. The second-order valence-corrected chi connectivity index (χ2v) is 6.23. The van der Waals surface area contributed by atoms with Crippen molar-refractivity contribution in [2.24, 2.45) is 0 Å². The van der Waals surface area contributed by atoms with Gasteiger partial charge in [-0.25, -0.2) is 0 Å². The molecule has 1 atom stereocenters.